The highest BCUT2D eigenvalue weighted by molar-refractivity contribution is 6.27. The molecule has 0 radical (unpaired) electrons. The summed E-state index contributed by atoms with van der Waals surface area (Å²) in [6.07, 6.45) is 3.26. The topological polar surface area (TPSA) is 111 Å². The first-order valence-electron chi connectivity index (χ1n) is 8.49. The van der Waals surface area contributed by atoms with Gasteiger partial charge in [0, 0.05) is 50.7 Å². The van der Waals surface area contributed by atoms with Crippen LogP contribution in [0.5, 0.6) is 0 Å². The molecule has 1 amide bonds. The van der Waals surface area contributed by atoms with Crippen molar-refractivity contribution in [1.29, 1.82) is 0 Å². The van der Waals surface area contributed by atoms with Gasteiger partial charge in [0.1, 0.15) is 5.82 Å². The molecule has 1 saturated heterocycles. The minimum Gasteiger partial charge on any atom is -0.473 e. The van der Waals surface area contributed by atoms with Crippen molar-refractivity contribution >= 4 is 17.8 Å². The third kappa shape index (κ3) is 6.44. The standard InChI is InChI=1S/C17H18FN3O.C2H2O4/c18-16-3-1-2-14(12-16)13-20-8-10-21(11-9-20)17(22)15-4-6-19-7-5-15;3-1(4)2(5)6/h1-7,12H,8-11,13H2;(H,3,4)(H,5,6). The summed E-state index contributed by atoms with van der Waals surface area (Å²) >= 11 is 0. The molecule has 148 valence electrons. The van der Waals surface area contributed by atoms with Crippen molar-refractivity contribution in [3.05, 3.63) is 65.7 Å². The normalized spacial score (nSPS) is 14.0. The van der Waals surface area contributed by atoms with E-state index in [9.17, 15) is 9.18 Å². The van der Waals surface area contributed by atoms with E-state index in [2.05, 4.69) is 9.88 Å². The highest BCUT2D eigenvalue weighted by atomic mass is 19.1. The molecule has 2 N–H and O–H groups in total. The zero-order chi connectivity index (χ0) is 20.5. The van der Waals surface area contributed by atoms with Gasteiger partial charge >= 0.3 is 11.9 Å². The number of carboxylic acids is 2. The highest BCUT2D eigenvalue weighted by Gasteiger charge is 2.22. The average molecular weight is 389 g/mol. The molecule has 1 aromatic carbocycles. The van der Waals surface area contributed by atoms with Crippen LogP contribution in [-0.2, 0) is 16.1 Å². The second kappa shape index (κ2) is 10.1. The fraction of sp³-hybridized carbons (Fsp3) is 0.263. The summed E-state index contributed by atoms with van der Waals surface area (Å²) in [5, 5.41) is 14.8. The minimum absolute atomic E-state index is 0.0489. The Labute approximate surface area is 160 Å². The molecule has 8 nitrogen and oxygen atoms in total. The lowest BCUT2D eigenvalue weighted by molar-refractivity contribution is -0.159. The first-order chi connectivity index (χ1) is 13.4. The van der Waals surface area contributed by atoms with Crippen molar-refractivity contribution in [1.82, 2.24) is 14.8 Å². The van der Waals surface area contributed by atoms with Crippen LogP contribution >= 0.6 is 0 Å². The Kier molecular flexibility index (Phi) is 7.58. The van der Waals surface area contributed by atoms with Crippen molar-refractivity contribution in [3.8, 4) is 0 Å². The number of pyridine rings is 1. The molecular weight excluding hydrogens is 369 g/mol. The van der Waals surface area contributed by atoms with Crippen LogP contribution in [0.2, 0.25) is 0 Å². The first-order valence-corrected chi connectivity index (χ1v) is 8.49. The molecule has 1 aliphatic heterocycles. The van der Waals surface area contributed by atoms with E-state index in [4.69, 9.17) is 19.8 Å². The number of halogens is 1. The number of rotatable bonds is 3. The number of hydrogen-bond acceptors (Lipinski definition) is 5. The van der Waals surface area contributed by atoms with Gasteiger partial charge in [0.25, 0.3) is 5.91 Å². The number of carbonyl (C=O) groups is 3. The summed E-state index contributed by atoms with van der Waals surface area (Å²) in [6, 6.07) is 10.2. The van der Waals surface area contributed by atoms with E-state index in [-0.39, 0.29) is 11.7 Å². The van der Waals surface area contributed by atoms with Gasteiger partial charge in [-0.25, -0.2) is 14.0 Å². The molecule has 28 heavy (non-hydrogen) atoms. The molecule has 2 heterocycles. The number of hydrogen-bond donors (Lipinski definition) is 2. The molecule has 0 spiro atoms. The maximum atomic E-state index is 13.2. The van der Waals surface area contributed by atoms with Crippen LogP contribution in [0, 0.1) is 5.82 Å². The van der Waals surface area contributed by atoms with E-state index in [0.29, 0.717) is 18.7 Å². The van der Waals surface area contributed by atoms with E-state index in [1.54, 1.807) is 36.7 Å². The fourth-order valence-corrected chi connectivity index (χ4v) is 2.68. The van der Waals surface area contributed by atoms with Crippen molar-refractivity contribution in [2.75, 3.05) is 26.2 Å². The molecule has 9 heteroatoms. The average Bonchev–Trinajstić information content (AvgIpc) is 2.69. The molecule has 3 rings (SSSR count). The predicted octanol–water partition coefficient (Wildman–Crippen LogP) is 1.33. The van der Waals surface area contributed by atoms with E-state index in [0.717, 1.165) is 25.2 Å². The Morgan fingerprint density at radius 2 is 1.57 bits per heavy atom. The summed E-state index contributed by atoms with van der Waals surface area (Å²) in [6.45, 7) is 3.70. The van der Waals surface area contributed by atoms with Gasteiger partial charge in [-0.1, -0.05) is 12.1 Å². The van der Waals surface area contributed by atoms with Crippen LogP contribution in [0.3, 0.4) is 0 Å². The number of aliphatic carboxylic acids is 2. The van der Waals surface area contributed by atoms with Gasteiger partial charge in [0.05, 0.1) is 0 Å². The molecule has 1 aliphatic rings. The number of piperazine rings is 1. The van der Waals surface area contributed by atoms with Crippen LogP contribution in [0.4, 0.5) is 4.39 Å². The van der Waals surface area contributed by atoms with Gasteiger partial charge in [0.15, 0.2) is 0 Å². The van der Waals surface area contributed by atoms with Gasteiger partial charge in [0.2, 0.25) is 0 Å². The zero-order valence-corrected chi connectivity index (χ0v) is 15.0. The van der Waals surface area contributed by atoms with Gasteiger partial charge < -0.3 is 15.1 Å². The Hall–Kier alpha value is -3.33. The summed E-state index contributed by atoms with van der Waals surface area (Å²) in [5.74, 6) is -3.80. The maximum Gasteiger partial charge on any atom is 0.414 e. The molecule has 1 fully saturated rings. The lowest BCUT2D eigenvalue weighted by Crippen LogP contribution is -2.48. The lowest BCUT2D eigenvalue weighted by atomic mass is 10.1. The Morgan fingerprint density at radius 1 is 0.964 bits per heavy atom. The Balaban J connectivity index is 0.000000409. The quantitative estimate of drug-likeness (QED) is 0.762. The molecule has 0 saturated carbocycles. The summed E-state index contributed by atoms with van der Waals surface area (Å²) < 4.78 is 13.2. The SMILES string of the molecule is O=C(O)C(=O)O.O=C(c1ccncc1)N1CCN(Cc2cccc(F)c2)CC1. The van der Waals surface area contributed by atoms with E-state index < -0.39 is 11.9 Å². The molecule has 0 unspecified atom stereocenters. The minimum atomic E-state index is -1.82. The van der Waals surface area contributed by atoms with Crippen molar-refractivity contribution in [2.45, 2.75) is 6.54 Å². The molecule has 1 aromatic heterocycles. The van der Waals surface area contributed by atoms with Crippen molar-refractivity contribution in [2.24, 2.45) is 0 Å². The molecule has 2 aromatic rings. The van der Waals surface area contributed by atoms with Crippen LogP contribution in [0.25, 0.3) is 0 Å². The number of amides is 1. The van der Waals surface area contributed by atoms with Crippen LogP contribution in [0.15, 0.2) is 48.8 Å². The molecule has 0 atom stereocenters. The molecule has 0 aliphatic carbocycles. The van der Waals surface area contributed by atoms with Crippen molar-refractivity contribution < 1.29 is 29.0 Å². The number of carboxylic acid groups (broad SMARTS) is 2. The molecule has 0 bridgehead atoms. The lowest BCUT2D eigenvalue weighted by Gasteiger charge is -2.34. The third-order valence-electron chi connectivity index (χ3n) is 4.06. The Morgan fingerprint density at radius 3 is 2.11 bits per heavy atom. The number of carbonyl (C=O) groups excluding carboxylic acids is 1. The van der Waals surface area contributed by atoms with Gasteiger partial charge in [-0.2, -0.15) is 0 Å². The predicted molar refractivity (Wildman–Crippen MR) is 97.1 cm³/mol. The third-order valence-corrected chi connectivity index (χ3v) is 4.06. The zero-order valence-electron chi connectivity index (χ0n) is 15.0. The fourth-order valence-electron chi connectivity index (χ4n) is 2.68. The van der Waals surface area contributed by atoms with Crippen LogP contribution < -0.4 is 0 Å². The second-order valence-corrected chi connectivity index (χ2v) is 6.04. The van der Waals surface area contributed by atoms with Gasteiger partial charge in [-0.05, 0) is 29.8 Å². The summed E-state index contributed by atoms with van der Waals surface area (Å²) in [5.41, 5.74) is 1.64. The highest BCUT2D eigenvalue weighted by Crippen LogP contribution is 2.12. The van der Waals surface area contributed by atoms with Crippen LogP contribution in [-0.4, -0.2) is 69.0 Å². The first kappa shape index (κ1) is 21.0. The van der Waals surface area contributed by atoms with E-state index in [1.807, 2.05) is 11.0 Å². The number of aromatic nitrogens is 1. The Bertz CT molecular complexity index is 811. The monoisotopic (exact) mass is 389 g/mol. The van der Waals surface area contributed by atoms with Gasteiger partial charge in [-0.15, -0.1) is 0 Å². The summed E-state index contributed by atoms with van der Waals surface area (Å²) in [7, 11) is 0. The number of benzene rings is 1. The van der Waals surface area contributed by atoms with Crippen LogP contribution in [0.1, 0.15) is 15.9 Å². The van der Waals surface area contributed by atoms with E-state index >= 15 is 0 Å². The number of nitrogens with zero attached hydrogens (tertiary/aromatic N) is 3. The van der Waals surface area contributed by atoms with Gasteiger partial charge in [-0.3, -0.25) is 14.7 Å². The summed E-state index contributed by atoms with van der Waals surface area (Å²) in [4.78, 5) is 38.6. The smallest absolute Gasteiger partial charge is 0.414 e. The van der Waals surface area contributed by atoms with E-state index in [1.165, 1.54) is 6.07 Å². The molecular formula is C19H20FN3O5. The maximum absolute atomic E-state index is 13.2. The van der Waals surface area contributed by atoms with Crippen molar-refractivity contribution in [3.63, 3.8) is 0 Å². The second-order valence-electron chi connectivity index (χ2n) is 6.04. The largest absolute Gasteiger partial charge is 0.473 e.